The molecule has 0 amide bonds. The average Bonchev–Trinajstić information content (AvgIpc) is 2.64. The van der Waals surface area contributed by atoms with Crippen LogP contribution in [-0.4, -0.2) is 58.3 Å². The summed E-state index contributed by atoms with van der Waals surface area (Å²) >= 11 is 0. The molecule has 0 heterocycles. The highest BCUT2D eigenvalue weighted by Crippen LogP contribution is 2.24. The highest BCUT2D eigenvalue weighted by Gasteiger charge is 2.06. The molecule has 6 nitrogen and oxygen atoms in total. The van der Waals surface area contributed by atoms with Crippen LogP contribution < -0.4 is 20.1 Å². The number of guanidine groups is 1. The standard InChI is InChI=1S/C18H32N4O2/c1-6-22(7-2)12-8-11-20-18(19-3)21-14-15-9-10-16(23-4)13-17(15)24-5/h9-10,13H,6-8,11-12,14H2,1-5H3,(H2,19,20,21). The van der Waals surface area contributed by atoms with E-state index in [1.54, 1.807) is 21.3 Å². The molecule has 0 unspecified atom stereocenters. The smallest absolute Gasteiger partial charge is 0.191 e. The highest BCUT2D eigenvalue weighted by molar-refractivity contribution is 5.79. The van der Waals surface area contributed by atoms with Crippen LogP contribution >= 0.6 is 0 Å². The molecule has 0 fully saturated rings. The van der Waals surface area contributed by atoms with Crippen LogP contribution in [0.2, 0.25) is 0 Å². The molecule has 1 rings (SSSR count). The van der Waals surface area contributed by atoms with E-state index in [2.05, 4.69) is 34.4 Å². The summed E-state index contributed by atoms with van der Waals surface area (Å²) in [4.78, 5) is 6.68. The fourth-order valence-corrected chi connectivity index (χ4v) is 2.45. The topological polar surface area (TPSA) is 58.1 Å². The fraction of sp³-hybridized carbons (Fsp3) is 0.611. The largest absolute Gasteiger partial charge is 0.497 e. The second-order valence-electron chi connectivity index (χ2n) is 5.41. The predicted octanol–water partition coefficient (Wildman–Crippen LogP) is 2.10. The van der Waals surface area contributed by atoms with E-state index < -0.39 is 0 Å². The number of nitrogens with zero attached hydrogens (tertiary/aromatic N) is 2. The van der Waals surface area contributed by atoms with Gasteiger partial charge in [-0.15, -0.1) is 0 Å². The van der Waals surface area contributed by atoms with Gasteiger partial charge in [-0.05, 0) is 38.2 Å². The van der Waals surface area contributed by atoms with Crippen molar-refractivity contribution < 1.29 is 9.47 Å². The van der Waals surface area contributed by atoms with Crippen molar-refractivity contribution in [1.82, 2.24) is 15.5 Å². The molecule has 1 aromatic carbocycles. The van der Waals surface area contributed by atoms with Crippen molar-refractivity contribution in [2.45, 2.75) is 26.8 Å². The second-order valence-corrected chi connectivity index (χ2v) is 5.41. The van der Waals surface area contributed by atoms with Crippen molar-refractivity contribution in [2.24, 2.45) is 4.99 Å². The molecule has 0 bridgehead atoms. The van der Waals surface area contributed by atoms with Crippen molar-refractivity contribution in [3.63, 3.8) is 0 Å². The van der Waals surface area contributed by atoms with Gasteiger partial charge in [0.25, 0.3) is 0 Å². The van der Waals surface area contributed by atoms with Gasteiger partial charge in [0, 0.05) is 31.8 Å². The summed E-state index contributed by atoms with van der Waals surface area (Å²) in [6.45, 7) is 9.23. The first-order valence-corrected chi connectivity index (χ1v) is 8.56. The SMILES string of the molecule is CCN(CC)CCCNC(=NC)NCc1ccc(OC)cc1OC. The predicted molar refractivity (Wildman–Crippen MR) is 100 cm³/mol. The third-order valence-corrected chi connectivity index (χ3v) is 4.00. The molecule has 0 aliphatic rings. The van der Waals surface area contributed by atoms with E-state index in [1.807, 2.05) is 18.2 Å². The van der Waals surface area contributed by atoms with E-state index >= 15 is 0 Å². The average molecular weight is 336 g/mol. The Balaban J connectivity index is 2.44. The maximum absolute atomic E-state index is 5.42. The van der Waals surface area contributed by atoms with Crippen molar-refractivity contribution in [3.8, 4) is 11.5 Å². The molecule has 0 saturated heterocycles. The minimum Gasteiger partial charge on any atom is -0.497 e. The first-order chi connectivity index (χ1) is 11.7. The molecule has 0 aromatic heterocycles. The maximum atomic E-state index is 5.42. The maximum Gasteiger partial charge on any atom is 0.191 e. The third-order valence-electron chi connectivity index (χ3n) is 4.00. The number of hydrogen-bond acceptors (Lipinski definition) is 4. The minimum atomic E-state index is 0.642. The first-order valence-electron chi connectivity index (χ1n) is 8.56. The molecule has 24 heavy (non-hydrogen) atoms. The van der Waals surface area contributed by atoms with Gasteiger partial charge in [-0.1, -0.05) is 13.8 Å². The van der Waals surface area contributed by atoms with Gasteiger partial charge >= 0.3 is 0 Å². The van der Waals surface area contributed by atoms with E-state index in [-0.39, 0.29) is 0 Å². The van der Waals surface area contributed by atoms with Crippen LogP contribution in [-0.2, 0) is 6.54 Å². The Bertz CT molecular complexity index is 502. The van der Waals surface area contributed by atoms with Crippen LogP contribution in [0.15, 0.2) is 23.2 Å². The van der Waals surface area contributed by atoms with Gasteiger partial charge in [0.2, 0.25) is 0 Å². The number of aliphatic imine (C=N–C) groups is 1. The third kappa shape index (κ3) is 6.66. The number of nitrogens with one attached hydrogen (secondary N) is 2. The molecule has 1 aromatic rings. The molecule has 6 heteroatoms. The van der Waals surface area contributed by atoms with Gasteiger partial charge < -0.3 is 25.0 Å². The molecule has 0 atom stereocenters. The normalized spacial score (nSPS) is 11.5. The number of benzene rings is 1. The van der Waals surface area contributed by atoms with Crippen molar-refractivity contribution in [2.75, 3.05) is 47.4 Å². The van der Waals surface area contributed by atoms with E-state index in [4.69, 9.17) is 9.47 Å². The molecular weight excluding hydrogens is 304 g/mol. The number of hydrogen-bond donors (Lipinski definition) is 2. The number of methoxy groups -OCH3 is 2. The molecule has 0 saturated carbocycles. The summed E-state index contributed by atoms with van der Waals surface area (Å²) in [6, 6.07) is 5.81. The Morgan fingerprint density at radius 3 is 2.46 bits per heavy atom. The lowest BCUT2D eigenvalue weighted by Gasteiger charge is -2.18. The highest BCUT2D eigenvalue weighted by atomic mass is 16.5. The number of rotatable bonds is 10. The molecule has 0 aliphatic carbocycles. The Morgan fingerprint density at radius 1 is 1.12 bits per heavy atom. The quantitative estimate of drug-likeness (QED) is 0.389. The summed E-state index contributed by atoms with van der Waals surface area (Å²) in [5.41, 5.74) is 1.06. The zero-order valence-electron chi connectivity index (χ0n) is 15.7. The van der Waals surface area contributed by atoms with E-state index in [1.165, 1.54) is 0 Å². The van der Waals surface area contributed by atoms with Crippen molar-refractivity contribution in [1.29, 1.82) is 0 Å². The van der Waals surface area contributed by atoms with Crippen LogP contribution in [0.1, 0.15) is 25.8 Å². The lowest BCUT2D eigenvalue weighted by Crippen LogP contribution is -2.38. The molecular formula is C18H32N4O2. The van der Waals surface area contributed by atoms with Gasteiger partial charge in [0.1, 0.15) is 11.5 Å². The second kappa shape index (κ2) is 11.6. The van der Waals surface area contributed by atoms with Gasteiger partial charge in [0.15, 0.2) is 5.96 Å². The van der Waals surface area contributed by atoms with E-state index in [0.29, 0.717) is 6.54 Å². The minimum absolute atomic E-state index is 0.642. The van der Waals surface area contributed by atoms with Gasteiger partial charge in [0.05, 0.1) is 14.2 Å². The Kier molecular flexibility index (Phi) is 9.68. The van der Waals surface area contributed by atoms with Crippen LogP contribution in [0.5, 0.6) is 11.5 Å². The Labute approximate surface area is 146 Å². The van der Waals surface area contributed by atoms with Gasteiger partial charge in [-0.3, -0.25) is 4.99 Å². The summed E-state index contributed by atoms with van der Waals surface area (Å²) < 4.78 is 10.6. The van der Waals surface area contributed by atoms with Gasteiger partial charge in [-0.2, -0.15) is 0 Å². The molecule has 0 aliphatic heterocycles. The summed E-state index contributed by atoms with van der Waals surface area (Å²) in [7, 11) is 5.10. The summed E-state index contributed by atoms with van der Waals surface area (Å²) in [5, 5.41) is 6.67. The first kappa shape index (κ1) is 20.1. The van der Waals surface area contributed by atoms with Crippen LogP contribution in [0.3, 0.4) is 0 Å². The monoisotopic (exact) mass is 336 g/mol. The fourth-order valence-electron chi connectivity index (χ4n) is 2.45. The van der Waals surface area contributed by atoms with E-state index in [9.17, 15) is 0 Å². The lowest BCUT2D eigenvalue weighted by atomic mass is 10.2. The van der Waals surface area contributed by atoms with Crippen LogP contribution in [0.25, 0.3) is 0 Å². The molecule has 0 spiro atoms. The Hall–Kier alpha value is -1.95. The Morgan fingerprint density at radius 2 is 1.88 bits per heavy atom. The van der Waals surface area contributed by atoms with Crippen LogP contribution in [0, 0.1) is 0 Å². The molecule has 2 N–H and O–H groups in total. The van der Waals surface area contributed by atoms with Crippen molar-refractivity contribution in [3.05, 3.63) is 23.8 Å². The number of ether oxygens (including phenoxy) is 2. The molecule has 0 radical (unpaired) electrons. The van der Waals surface area contributed by atoms with Crippen LogP contribution in [0.4, 0.5) is 0 Å². The van der Waals surface area contributed by atoms with E-state index in [0.717, 1.165) is 55.6 Å². The summed E-state index contributed by atoms with van der Waals surface area (Å²) in [5.74, 6) is 2.39. The zero-order chi connectivity index (χ0) is 17.8. The summed E-state index contributed by atoms with van der Waals surface area (Å²) in [6.07, 6.45) is 1.09. The zero-order valence-corrected chi connectivity index (χ0v) is 15.7. The van der Waals surface area contributed by atoms with Crippen molar-refractivity contribution >= 4 is 5.96 Å². The molecule has 136 valence electrons. The van der Waals surface area contributed by atoms with Gasteiger partial charge in [-0.25, -0.2) is 0 Å². The lowest BCUT2D eigenvalue weighted by molar-refractivity contribution is 0.300.